The molecule has 0 radical (unpaired) electrons. The Hall–Kier alpha value is -2.42. The van der Waals surface area contributed by atoms with Crippen LogP contribution in [0.3, 0.4) is 0 Å². The highest BCUT2D eigenvalue weighted by Crippen LogP contribution is 2.17. The number of aryl methyl sites for hydroxylation is 1. The van der Waals surface area contributed by atoms with Crippen LogP contribution in [0.2, 0.25) is 0 Å². The van der Waals surface area contributed by atoms with Crippen molar-refractivity contribution < 1.29 is 14.1 Å². The van der Waals surface area contributed by atoms with Gasteiger partial charge in [0.05, 0.1) is 25.1 Å². The van der Waals surface area contributed by atoms with Gasteiger partial charge in [0.15, 0.2) is 5.82 Å². The first-order chi connectivity index (χ1) is 11.7. The number of nitrogens with one attached hydrogen (secondary N) is 1. The van der Waals surface area contributed by atoms with Crippen LogP contribution in [0.4, 0.5) is 5.69 Å². The Morgan fingerprint density at radius 3 is 2.92 bits per heavy atom. The highest BCUT2D eigenvalue weighted by molar-refractivity contribution is 5.76. The minimum absolute atomic E-state index is 0.0467. The summed E-state index contributed by atoms with van der Waals surface area (Å²) in [5.41, 5.74) is 0.800. The zero-order valence-electron chi connectivity index (χ0n) is 13.9. The van der Waals surface area contributed by atoms with Gasteiger partial charge in [-0.1, -0.05) is 12.1 Å². The molecule has 2 aromatic heterocycles. The molecule has 3 heterocycles. The lowest BCUT2D eigenvalue weighted by molar-refractivity contribution is -0.136. The molecule has 1 amide bonds. The normalized spacial score (nSPS) is 16.2. The number of carbonyl (C=O) groups is 1. The van der Waals surface area contributed by atoms with Gasteiger partial charge in [0.25, 0.3) is 0 Å². The van der Waals surface area contributed by atoms with Crippen molar-refractivity contribution in [3.05, 3.63) is 24.1 Å². The second-order valence-electron chi connectivity index (χ2n) is 5.69. The van der Waals surface area contributed by atoms with Crippen LogP contribution in [0, 0.1) is 0 Å². The maximum atomic E-state index is 12.2. The molecule has 9 nitrogen and oxygen atoms in total. The van der Waals surface area contributed by atoms with E-state index in [-0.39, 0.29) is 18.5 Å². The number of hydrogen-bond donors (Lipinski definition) is 1. The Labute approximate surface area is 140 Å². The van der Waals surface area contributed by atoms with Gasteiger partial charge >= 0.3 is 0 Å². The third kappa shape index (κ3) is 3.91. The van der Waals surface area contributed by atoms with Crippen LogP contribution < -0.4 is 5.32 Å². The van der Waals surface area contributed by atoms with Gasteiger partial charge in [-0.3, -0.25) is 9.48 Å². The van der Waals surface area contributed by atoms with Crippen LogP contribution in [-0.4, -0.2) is 57.0 Å². The van der Waals surface area contributed by atoms with E-state index in [1.807, 2.05) is 13.8 Å². The predicted octanol–water partition coefficient (Wildman–Crippen LogP) is 0.860. The smallest absolute Gasteiger partial charge is 0.248 e. The van der Waals surface area contributed by atoms with Crippen molar-refractivity contribution in [2.24, 2.45) is 0 Å². The molecule has 1 saturated heterocycles. The minimum Gasteiger partial charge on any atom is -0.378 e. The highest BCUT2D eigenvalue weighted by Gasteiger charge is 2.18. The van der Waals surface area contributed by atoms with Gasteiger partial charge in [0, 0.05) is 25.7 Å². The zero-order valence-corrected chi connectivity index (χ0v) is 13.9. The molecule has 1 N–H and O–H groups in total. The first kappa shape index (κ1) is 16.4. The Kier molecular flexibility index (Phi) is 5.09. The third-order valence-electron chi connectivity index (χ3n) is 3.85. The van der Waals surface area contributed by atoms with E-state index in [0.717, 1.165) is 12.1 Å². The summed E-state index contributed by atoms with van der Waals surface area (Å²) in [4.78, 5) is 18.3. The van der Waals surface area contributed by atoms with Crippen molar-refractivity contribution in [3.63, 3.8) is 0 Å². The van der Waals surface area contributed by atoms with E-state index in [2.05, 4.69) is 20.6 Å². The van der Waals surface area contributed by atoms with Crippen molar-refractivity contribution in [1.29, 1.82) is 0 Å². The SMILES string of the molecule is CCc1noc(C(C)Nc2cnn(CC(=O)N3CCOCC3)c2)n1. The predicted molar refractivity (Wildman–Crippen MR) is 85.3 cm³/mol. The molecule has 130 valence electrons. The summed E-state index contributed by atoms with van der Waals surface area (Å²) in [6.45, 7) is 6.60. The van der Waals surface area contributed by atoms with E-state index in [1.54, 1.807) is 22.0 Å². The van der Waals surface area contributed by atoms with E-state index >= 15 is 0 Å². The summed E-state index contributed by atoms with van der Waals surface area (Å²) in [6.07, 6.45) is 4.21. The molecular formula is C15H22N6O3. The Balaban J connectivity index is 1.55. The van der Waals surface area contributed by atoms with Crippen LogP contribution >= 0.6 is 0 Å². The van der Waals surface area contributed by atoms with E-state index in [9.17, 15) is 4.79 Å². The number of morpholine rings is 1. The van der Waals surface area contributed by atoms with Gasteiger partial charge in [-0.25, -0.2) is 0 Å². The van der Waals surface area contributed by atoms with Gasteiger partial charge in [-0.2, -0.15) is 10.1 Å². The lowest BCUT2D eigenvalue weighted by Crippen LogP contribution is -2.42. The number of nitrogens with zero attached hydrogens (tertiary/aromatic N) is 5. The first-order valence-electron chi connectivity index (χ1n) is 8.12. The lowest BCUT2D eigenvalue weighted by Gasteiger charge is -2.26. The molecule has 1 aliphatic heterocycles. The van der Waals surface area contributed by atoms with Crippen molar-refractivity contribution >= 4 is 11.6 Å². The van der Waals surface area contributed by atoms with Gasteiger partial charge in [0.2, 0.25) is 11.8 Å². The lowest BCUT2D eigenvalue weighted by atomic mass is 10.3. The summed E-state index contributed by atoms with van der Waals surface area (Å²) < 4.78 is 12.1. The highest BCUT2D eigenvalue weighted by atomic mass is 16.5. The number of amides is 1. The summed E-state index contributed by atoms with van der Waals surface area (Å²) in [6, 6.07) is -0.134. The summed E-state index contributed by atoms with van der Waals surface area (Å²) in [7, 11) is 0. The molecule has 1 fully saturated rings. The number of aromatic nitrogens is 4. The molecular weight excluding hydrogens is 312 g/mol. The van der Waals surface area contributed by atoms with Crippen LogP contribution in [0.5, 0.6) is 0 Å². The molecule has 1 aliphatic rings. The summed E-state index contributed by atoms with van der Waals surface area (Å²) >= 11 is 0. The molecule has 9 heteroatoms. The molecule has 0 bridgehead atoms. The average Bonchev–Trinajstić information content (AvgIpc) is 3.25. The molecule has 0 aliphatic carbocycles. The van der Waals surface area contributed by atoms with Crippen molar-refractivity contribution in [2.45, 2.75) is 32.9 Å². The quantitative estimate of drug-likeness (QED) is 0.836. The van der Waals surface area contributed by atoms with Gasteiger partial charge < -0.3 is 19.5 Å². The monoisotopic (exact) mass is 334 g/mol. The number of ether oxygens (including phenoxy) is 1. The molecule has 24 heavy (non-hydrogen) atoms. The summed E-state index contributed by atoms with van der Waals surface area (Å²) in [5, 5.41) is 11.4. The van der Waals surface area contributed by atoms with Crippen LogP contribution in [-0.2, 0) is 22.5 Å². The largest absolute Gasteiger partial charge is 0.378 e. The van der Waals surface area contributed by atoms with E-state index in [0.29, 0.717) is 38.0 Å². The third-order valence-corrected chi connectivity index (χ3v) is 3.85. The van der Waals surface area contributed by atoms with E-state index in [1.165, 1.54) is 0 Å². The van der Waals surface area contributed by atoms with Gasteiger partial charge in [-0.15, -0.1) is 0 Å². The maximum Gasteiger partial charge on any atom is 0.248 e. The molecule has 2 aromatic rings. The Bertz CT molecular complexity index is 676. The Morgan fingerprint density at radius 1 is 1.42 bits per heavy atom. The Morgan fingerprint density at radius 2 is 2.21 bits per heavy atom. The summed E-state index contributed by atoms with van der Waals surface area (Å²) in [5.74, 6) is 1.26. The number of anilines is 1. The fraction of sp³-hybridized carbons (Fsp3) is 0.600. The van der Waals surface area contributed by atoms with Crippen molar-refractivity contribution in [3.8, 4) is 0 Å². The van der Waals surface area contributed by atoms with E-state index in [4.69, 9.17) is 9.26 Å². The van der Waals surface area contributed by atoms with Gasteiger partial charge in [0.1, 0.15) is 12.6 Å². The molecule has 1 atom stereocenters. The van der Waals surface area contributed by atoms with Crippen molar-refractivity contribution in [1.82, 2.24) is 24.8 Å². The fourth-order valence-corrected chi connectivity index (χ4v) is 2.47. The minimum atomic E-state index is -0.134. The van der Waals surface area contributed by atoms with Gasteiger partial charge in [-0.05, 0) is 6.92 Å². The second-order valence-corrected chi connectivity index (χ2v) is 5.69. The number of hydrogen-bond acceptors (Lipinski definition) is 7. The zero-order chi connectivity index (χ0) is 16.9. The second kappa shape index (κ2) is 7.43. The van der Waals surface area contributed by atoms with Crippen LogP contribution in [0.25, 0.3) is 0 Å². The molecule has 0 aromatic carbocycles. The van der Waals surface area contributed by atoms with Crippen LogP contribution in [0.15, 0.2) is 16.9 Å². The molecule has 1 unspecified atom stereocenters. The van der Waals surface area contributed by atoms with Crippen LogP contribution in [0.1, 0.15) is 31.6 Å². The van der Waals surface area contributed by atoms with E-state index < -0.39 is 0 Å². The molecule has 0 spiro atoms. The molecule has 0 saturated carbocycles. The fourth-order valence-electron chi connectivity index (χ4n) is 2.47. The molecule has 3 rings (SSSR count). The standard InChI is InChI=1S/C15H22N6O3/c1-3-13-18-15(24-19-13)11(2)17-12-8-16-21(9-12)10-14(22)20-4-6-23-7-5-20/h8-9,11,17H,3-7,10H2,1-2H3. The maximum absolute atomic E-state index is 12.2. The number of rotatable bonds is 6. The average molecular weight is 334 g/mol. The number of carbonyl (C=O) groups excluding carboxylic acids is 1. The topological polar surface area (TPSA) is 98.3 Å². The first-order valence-corrected chi connectivity index (χ1v) is 8.12. The van der Waals surface area contributed by atoms with Crippen molar-refractivity contribution in [2.75, 3.05) is 31.6 Å².